The highest BCUT2D eigenvalue weighted by Crippen LogP contribution is 2.21. The molecular formula is C22H21N3O3. The smallest absolute Gasteiger partial charge is 0.340 e. The lowest BCUT2D eigenvalue weighted by Crippen LogP contribution is -2.13. The SMILES string of the molecule is CCOC(=O)c1ccccc1Nc1cc(C(=O)Nc2cccc(C)c2)ccn1. The lowest BCUT2D eigenvalue weighted by atomic mass is 10.1. The molecule has 0 spiro atoms. The average molecular weight is 375 g/mol. The summed E-state index contributed by atoms with van der Waals surface area (Å²) in [5.74, 6) is -0.206. The number of para-hydroxylation sites is 1. The number of amides is 1. The Kier molecular flexibility index (Phi) is 6.01. The van der Waals surface area contributed by atoms with E-state index in [-0.39, 0.29) is 5.91 Å². The van der Waals surface area contributed by atoms with E-state index < -0.39 is 5.97 Å². The standard InChI is InChI=1S/C22H21N3O3/c1-3-28-22(27)18-9-4-5-10-19(18)25-20-14-16(11-12-23-20)21(26)24-17-8-6-7-15(2)13-17/h4-14H,3H2,1-2H3,(H,23,25)(H,24,26). The topological polar surface area (TPSA) is 80.3 Å². The molecule has 142 valence electrons. The van der Waals surface area contributed by atoms with E-state index in [9.17, 15) is 9.59 Å². The number of hydrogen-bond donors (Lipinski definition) is 2. The average Bonchev–Trinajstić information content (AvgIpc) is 2.69. The number of aryl methyl sites for hydroxylation is 1. The highest BCUT2D eigenvalue weighted by atomic mass is 16.5. The van der Waals surface area contributed by atoms with E-state index in [1.54, 1.807) is 49.5 Å². The third-order valence-corrected chi connectivity index (χ3v) is 3.98. The van der Waals surface area contributed by atoms with Gasteiger partial charge in [-0.1, -0.05) is 24.3 Å². The number of ether oxygens (including phenoxy) is 1. The maximum absolute atomic E-state index is 12.5. The van der Waals surface area contributed by atoms with Crippen LogP contribution in [0.1, 0.15) is 33.2 Å². The Morgan fingerprint density at radius 1 is 1.04 bits per heavy atom. The van der Waals surface area contributed by atoms with E-state index in [1.807, 2.05) is 31.2 Å². The fourth-order valence-electron chi connectivity index (χ4n) is 2.68. The van der Waals surface area contributed by atoms with E-state index in [0.29, 0.717) is 29.2 Å². The first-order valence-electron chi connectivity index (χ1n) is 8.94. The van der Waals surface area contributed by atoms with Gasteiger partial charge in [-0.05, 0) is 55.8 Å². The first kappa shape index (κ1) is 19.1. The number of esters is 1. The van der Waals surface area contributed by atoms with Crippen LogP contribution in [0.5, 0.6) is 0 Å². The van der Waals surface area contributed by atoms with Gasteiger partial charge in [0.2, 0.25) is 0 Å². The minimum atomic E-state index is -0.418. The molecular weight excluding hydrogens is 354 g/mol. The molecule has 0 radical (unpaired) electrons. The Morgan fingerprint density at radius 3 is 2.64 bits per heavy atom. The molecule has 28 heavy (non-hydrogen) atoms. The van der Waals surface area contributed by atoms with Crippen molar-refractivity contribution in [1.82, 2.24) is 4.98 Å². The first-order chi connectivity index (χ1) is 13.6. The van der Waals surface area contributed by atoms with Gasteiger partial charge >= 0.3 is 5.97 Å². The predicted octanol–water partition coefficient (Wildman–Crippen LogP) is 4.56. The largest absolute Gasteiger partial charge is 0.462 e. The minimum absolute atomic E-state index is 0.241. The van der Waals surface area contributed by atoms with Gasteiger partial charge < -0.3 is 15.4 Å². The molecule has 2 N–H and O–H groups in total. The van der Waals surface area contributed by atoms with E-state index in [0.717, 1.165) is 11.3 Å². The van der Waals surface area contributed by atoms with Crippen LogP contribution in [-0.4, -0.2) is 23.5 Å². The van der Waals surface area contributed by atoms with Gasteiger partial charge in [-0.25, -0.2) is 9.78 Å². The van der Waals surface area contributed by atoms with Crippen LogP contribution in [0.4, 0.5) is 17.2 Å². The predicted molar refractivity (Wildman–Crippen MR) is 109 cm³/mol. The second kappa shape index (κ2) is 8.81. The van der Waals surface area contributed by atoms with Crippen LogP contribution < -0.4 is 10.6 Å². The summed E-state index contributed by atoms with van der Waals surface area (Å²) < 4.78 is 5.08. The highest BCUT2D eigenvalue weighted by molar-refractivity contribution is 6.04. The summed E-state index contributed by atoms with van der Waals surface area (Å²) >= 11 is 0. The Balaban J connectivity index is 1.79. The van der Waals surface area contributed by atoms with E-state index in [2.05, 4.69) is 15.6 Å². The second-order valence-corrected chi connectivity index (χ2v) is 6.14. The summed E-state index contributed by atoms with van der Waals surface area (Å²) in [4.78, 5) is 28.9. The van der Waals surface area contributed by atoms with Gasteiger partial charge in [-0.3, -0.25) is 4.79 Å². The highest BCUT2D eigenvalue weighted by Gasteiger charge is 2.13. The number of aromatic nitrogens is 1. The Hall–Kier alpha value is -3.67. The molecule has 0 aliphatic carbocycles. The molecule has 0 bridgehead atoms. The number of rotatable bonds is 6. The molecule has 1 heterocycles. The number of pyridine rings is 1. The molecule has 1 amide bonds. The fourth-order valence-corrected chi connectivity index (χ4v) is 2.68. The number of hydrogen-bond acceptors (Lipinski definition) is 5. The molecule has 6 nitrogen and oxygen atoms in total. The van der Waals surface area contributed by atoms with Crippen molar-refractivity contribution in [3.63, 3.8) is 0 Å². The normalized spacial score (nSPS) is 10.2. The van der Waals surface area contributed by atoms with Crippen LogP contribution in [0.2, 0.25) is 0 Å². The molecule has 3 rings (SSSR count). The van der Waals surface area contributed by atoms with Crippen molar-refractivity contribution < 1.29 is 14.3 Å². The quantitative estimate of drug-likeness (QED) is 0.617. The lowest BCUT2D eigenvalue weighted by molar-refractivity contribution is 0.0527. The van der Waals surface area contributed by atoms with Crippen molar-refractivity contribution in [1.29, 1.82) is 0 Å². The zero-order valence-electron chi connectivity index (χ0n) is 15.7. The molecule has 1 aromatic heterocycles. The zero-order chi connectivity index (χ0) is 19.9. The van der Waals surface area contributed by atoms with Crippen molar-refractivity contribution in [3.05, 3.63) is 83.6 Å². The maximum atomic E-state index is 12.5. The number of benzene rings is 2. The van der Waals surface area contributed by atoms with Crippen LogP contribution in [0, 0.1) is 6.92 Å². The Labute approximate surface area is 163 Å². The summed E-state index contributed by atoms with van der Waals surface area (Å²) in [7, 11) is 0. The fraction of sp³-hybridized carbons (Fsp3) is 0.136. The number of nitrogens with one attached hydrogen (secondary N) is 2. The molecule has 0 aliphatic rings. The van der Waals surface area contributed by atoms with Crippen molar-refractivity contribution in [2.24, 2.45) is 0 Å². The number of carbonyl (C=O) groups is 2. The lowest BCUT2D eigenvalue weighted by Gasteiger charge is -2.12. The Morgan fingerprint density at radius 2 is 1.86 bits per heavy atom. The summed E-state index contributed by atoms with van der Waals surface area (Å²) in [6.07, 6.45) is 1.54. The van der Waals surface area contributed by atoms with Gasteiger partial charge in [0.25, 0.3) is 5.91 Å². The van der Waals surface area contributed by atoms with Crippen molar-refractivity contribution in [2.75, 3.05) is 17.2 Å². The van der Waals surface area contributed by atoms with Gasteiger partial charge in [-0.15, -0.1) is 0 Å². The molecule has 0 fully saturated rings. The summed E-state index contributed by atoms with van der Waals surface area (Å²) in [6.45, 7) is 4.01. The van der Waals surface area contributed by atoms with E-state index in [1.165, 1.54) is 0 Å². The zero-order valence-corrected chi connectivity index (χ0v) is 15.7. The molecule has 0 saturated heterocycles. The van der Waals surface area contributed by atoms with Gasteiger partial charge in [0.05, 0.1) is 17.9 Å². The summed E-state index contributed by atoms with van der Waals surface area (Å²) in [5.41, 5.74) is 3.20. The van der Waals surface area contributed by atoms with E-state index in [4.69, 9.17) is 4.74 Å². The number of anilines is 3. The molecule has 0 unspecified atom stereocenters. The van der Waals surface area contributed by atoms with Crippen molar-refractivity contribution in [3.8, 4) is 0 Å². The van der Waals surface area contributed by atoms with Crippen LogP contribution in [0.3, 0.4) is 0 Å². The monoisotopic (exact) mass is 375 g/mol. The van der Waals surface area contributed by atoms with Gasteiger partial charge in [0.1, 0.15) is 5.82 Å². The molecule has 0 aliphatic heterocycles. The summed E-state index contributed by atoms with van der Waals surface area (Å²) in [6, 6.07) is 17.8. The number of nitrogens with zero attached hydrogens (tertiary/aromatic N) is 1. The van der Waals surface area contributed by atoms with Gasteiger partial charge in [0.15, 0.2) is 0 Å². The van der Waals surface area contributed by atoms with Crippen LogP contribution in [0.25, 0.3) is 0 Å². The Bertz CT molecular complexity index is 1000. The van der Waals surface area contributed by atoms with Crippen molar-refractivity contribution in [2.45, 2.75) is 13.8 Å². The van der Waals surface area contributed by atoms with Gasteiger partial charge in [-0.2, -0.15) is 0 Å². The third kappa shape index (κ3) is 4.73. The van der Waals surface area contributed by atoms with Crippen LogP contribution in [0.15, 0.2) is 66.9 Å². The molecule has 0 saturated carbocycles. The maximum Gasteiger partial charge on any atom is 0.340 e. The third-order valence-electron chi connectivity index (χ3n) is 3.98. The van der Waals surface area contributed by atoms with Crippen molar-refractivity contribution >= 4 is 29.1 Å². The van der Waals surface area contributed by atoms with E-state index >= 15 is 0 Å². The van der Waals surface area contributed by atoms with Crippen LogP contribution in [-0.2, 0) is 4.74 Å². The second-order valence-electron chi connectivity index (χ2n) is 6.14. The number of carbonyl (C=O) groups excluding carboxylic acids is 2. The van der Waals surface area contributed by atoms with Gasteiger partial charge in [0, 0.05) is 17.4 Å². The molecule has 6 heteroatoms. The molecule has 3 aromatic rings. The summed E-state index contributed by atoms with van der Waals surface area (Å²) in [5, 5.41) is 5.96. The first-order valence-corrected chi connectivity index (χ1v) is 8.94. The molecule has 0 atom stereocenters. The molecule has 2 aromatic carbocycles. The van der Waals surface area contributed by atoms with Crippen LogP contribution >= 0.6 is 0 Å². The minimum Gasteiger partial charge on any atom is -0.462 e.